The van der Waals surface area contributed by atoms with Gasteiger partial charge in [-0.05, 0) is 38.4 Å². The minimum Gasteiger partial charge on any atom is -0.398 e. The number of Topliss-reactive ketones (excluding diaryl/α,β-unsaturated/α-hetero) is 1. The van der Waals surface area contributed by atoms with E-state index < -0.39 is 0 Å². The van der Waals surface area contributed by atoms with Gasteiger partial charge in [0.1, 0.15) is 5.78 Å². The van der Waals surface area contributed by atoms with E-state index in [4.69, 9.17) is 11.5 Å². The van der Waals surface area contributed by atoms with Gasteiger partial charge in [-0.15, -0.1) is 0 Å². The van der Waals surface area contributed by atoms with Crippen molar-refractivity contribution in [2.75, 3.05) is 87.7 Å². The van der Waals surface area contributed by atoms with Gasteiger partial charge < -0.3 is 31.1 Å². The molecule has 2 aliphatic rings. The standard InChI is InChI=1S/C27H40N6O/c1-19(25-21(28)7-5-9-23(25)32-15-11-30(3)12-16-32)27(34)20(2)26-22(29)8-6-10-24(26)33-17-13-31(4)14-18-33/h5-10,19-20H,11-18,28-29H2,1-4H3. The maximum atomic E-state index is 14.0. The highest BCUT2D eigenvalue weighted by molar-refractivity contribution is 5.96. The second kappa shape index (κ2) is 10.2. The number of hydrogen-bond donors (Lipinski definition) is 2. The summed E-state index contributed by atoms with van der Waals surface area (Å²) in [4.78, 5) is 23.4. The van der Waals surface area contributed by atoms with E-state index in [0.29, 0.717) is 11.4 Å². The fourth-order valence-electron chi connectivity index (χ4n) is 5.39. The lowest BCUT2D eigenvalue weighted by molar-refractivity contribution is -0.121. The fraction of sp³-hybridized carbons (Fsp3) is 0.519. The average molecular weight is 465 g/mol. The number of carbonyl (C=O) groups excluding carboxylic acids is 1. The van der Waals surface area contributed by atoms with E-state index in [1.54, 1.807) is 0 Å². The van der Waals surface area contributed by atoms with Crippen LogP contribution in [-0.4, -0.2) is 82.0 Å². The summed E-state index contributed by atoms with van der Waals surface area (Å²) in [5, 5.41) is 0. The largest absolute Gasteiger partial charge is 0.398 e. The second-order valence-electron chi connectivity index (χ2n) is 9.99. The first kappa shape index (κ1) is 24.4. The van der Waals surface area contributed by atoms with Crippen molar-refractivity contribution in [1.29, 1.82) is 0 Å². The zero-order chi connectivity index (χ0) is 24.4. The third kappa shape index (κ3) is 4.86. The summed E-state index contributed by atoms with van der Waals surface area (Å²) in [6, 6.07) is 12.0. The molecule has 0 bridgehead atoms. The minimum atomic E-state index is -0.328. The monoisotopic (exact) mass is 464 g/mol. The van der Waals surface area contributed by atoms with Gasteiger partial charge in [0.15, 0.2) is 0 Å². The van der Waals surface area contributed by atoms with Crippen molar-refractivity contribution in [2.24, 2.45) is 0 Å². The van der Waals surface area contributed by atoms with Crippen molar-refractivity contribution >= 4 is 28.5 Å². The van der Waals surface area contributed by atoms with E-state index in [9.17, 15) is 4.79 Å². The highest BCUT2D eigenvalue weighted by Crippen LogP contribution is 2.40. The predicted molar refractivity (Wildman–Crippen MR) is 143 cm³/mol. The molecule has 2 saturated heterocycles. The van der Waals surface area contributed by atoms with Crippen LogP contribution in [0.4, 0.5) is 22.7 Å². The molecule has 7 nitrogen and oxygen atoms in total. The summed E-state index contributed by atoms with van der Waals surface area (Å²) in [6.07, 6.45) is 0. The smallest absolute Gasteiger partial charge is 0.147 e. The van der Waals surface area contributed by atoms with Crippen LogP contribution in [0.15, 0.2) is 36.4 Å². The van der Waals surface area contributed by atoms with Gasteiger partial charge in [0.25, 0.3) is 0 Å². The SMILES string of the molecule is CC(C(=O)C(C)c1c(N)cccc1N1CCN(C)CC1)c1c(N)cccc1N1CCN(C)CC1. The van der Waals surface area contributed by atoms with Crippen LogP contribution < -0.4 is 21.3 Å². The Kier molecular flexibility index (Phi) is 7.33. The Morgan fingerprint density at radius 1 is 0.676 bits per heavy atom. The Bertz CT molecular complexity index is 929. The Labute approximate surface area is 204 Å². The maximum absolute atomic E-state index is 14.0. The molecule has 34 heavy (non-hydrogen) atoms. The first-order valence-electron chi connectivity index (χ1n) is 12.5. The number of nitrogens with two attached hydrogens (primary N) is 2. The van der Waals surface area contributed by atoms with Crippen LogP contribution in [0.5, 0.6) is 0 Å². The molecular weight excluding hydrogens is 424 g/mol. The highest BCUT2D eigenvalue weighted by Gasteiger charge is 2.31. The molecule has 2 aliphatic heterocycles. The van der Waals surface area contributed by atoms with Crippen LogP contribution in [-0.2, 0) is 4.79 Å². The first-order valence-corrected chi connectivity index (χ1v) is 12.5. The molecule has 4 rings (SSSR count). The highest BCUT2D eigenvalue weighted by atomic mass is 16.1. The zero-order valence-corrected chi connectivity index (χ0v) is 21.1. The number of rotatable bonds is 6. The minimum absolute atomic E-state index is 0.154. The summed E-state index contributed by atoms with van der Waals surface area (Å²) in [6.45, 7) is 11.7. The van der Waals surface area contributed by atoms with Crippen LogP contribution in [0.3, 0.4) is 0 Å². The van der Waals surface area contributed by atoms with Crippen LogP contribution in [0, 0.1) is 0 Å². The Hall–Kier alpha value is -2.77. The number of hydrogen-bond acceptors (Lipinski definition) is 7. The van der Waals surface area contributed by atoms with Crippen LogP contribution in [0.1, 0.15) is 36.8 Å². The van der Waals surface area contributed by atoms with Crippen molar-refractivity contribution in [1.82, 2.24) is 9.80 Å². The Morgan fingerprint density at radius 2 is 1.03 bits per heavy atom. The molecule has 2 fully saturated rings. The molecule has 0 radical (unpaired) electrons. The second-order valence-corrected chi connectivity index (χ2v) is 9.99. The van der Waals surface area contributed by atoms with E-state index in [0.717, 1.165) is 74.9 Å². The van der Waals surface area contributed by atoms with Crippen LogP contribution in [0.2, 0.25) is 0 Å². The number of ketones is 1. The summed E-state index contributed by atoms with van der Waals surface area (Å²) in [5.74, 6) is -0.502. The third-order valence-corrected chi connectivity index (χ3v) is 7.64. The van der Waals surface area contributed by atoms with E-state index in [1.807, 2.05) is 38.1 Å². The number of nitrogen functional groups attached to an aromatic ring is 2. The molecule has 2 heterocycles. The molecule has 0 amide bonds. The predicted octanol–water partition coefficient (Wildman–Crippen LogP) is 2.83. The number of carbonyl (C=O) groups is 1. The number of benzene rings is 2. The molecule has 2 atom stereocenters. The Balaban J connectivity index is 1.64. The lowest BCUT2D eigenvalue weighted by Crippen LogP contribution is -2.45. The summed E-state index contributed by atoms with van der Waals surface area (Å²) < 4.78 is 0. The number of piperazine rings is 2. The van der Waals surface area contributed by atoms with Gasteiger partial charge in [0, 0.05) is 98.1 Å². The average Bonchev–Trinajstić information content (AvgIpc) is 2.83. The molecule has 2 unspecified atom stereocenters. The van der Waals surface area contributed by atoms with E-state index in [2.05, 4.69) is 45.8 Å². The van der Waals surface area contributed by atoms with Gasteiger partial charge in [-0.3, -0.25) is 4.79 Å². The summed E-state index contributed by atoms with van der Waals surface area (Å²) >= 11 is 0. The molecular formula is C27H40N6O. The molecule has 0 saturated carbocycles. The molecule has 2 aromatic carbocycles. The Morgan fingerprint density at radius 3 is 1.38 bits per heavy atom. The fourth-order valence-corrected chi connectivity index (χ4v) is 5.39. The van der Waals surface area contributed by atoms with Crippen molar-refractivity contribution in [2.45, 2.75) is 25.7 Å². The van der Waals surface area contributed by atoms with Gasteiger partial charge in [-0.25, -0.2) is 0 Å². The van der Waals surface area contributed by atoms with E-state index in [1.165, 1.54) is 0 Å². The lowest BCUT2D eigenvalue weighted by Gasteiger charge is -2.37. The summed E-state index contributed by atoms with van der Waals surface area (Å²) in [5.41, 5.74) is 18.4. The van der Waals surface area contributed by atoms with Crippen LogP contribution >= 0.6 is 0 Å². The van der Waals surface area contributed by atoms with Crippen molar-refractivity contribution in [3.05, 3.63) is 47.5 Å². The quantitative estimate of drug-likeness (QED) is 0.636. The van der Waals surface area contributed by atoms with Gasteiger partial charge in [-0.2, -0.15) is 0 Å². The van der Waals surface area contributed by atoms with Crippen LogP contribution in [0.25, 0.3) is 0 Å². The third-order valence-electron chi connectivity index (χ3n) is 7.64. The van der Waals surface area contributed by atoms with E-state index >= 15 is 0 Å². The normalized spacial score (nSPS) is 19.8. The topological polar surface area (TPSA) is 82.1 Å². The van der Waals surface area contributed by atoms with E-state index in [-0.39, 0.29) is 17.6 Å². The van der Waals surface area contributed by atoms with Gasteiger partial charge >= 0.3 is 0 Å². The molecule has 0 aromatic heterocycles. The maximum Gasteiger partial charge on any atom is 0.147 e. The number of likely N-dealkylation sites (N-methyl/N-ethyl adjacent to an activating group) is 2. The van der Waals surface area contributed by atoms with Gasteiger partial charge in [0.05, 0.1) is 0 Å². The summed E-state index contributed by atoms with van der Waals surface area (Å²) in [7, 11) is 4.29. The molecule has 0 spiro atoms. The first-order chi connectivity index (χ1) is 16.3. The lowest BCUT2D eigenvalue weighted by atomic mass is 9.83. The number of nitrogens with zero attached hydrogens (tertiary/aromatic N) is 4. The van der Waals surface area contributed by atoms with Crippen molar-refractivity contribution in [3.8, 4) is 0 Å². The van der Waals surface area contributed by atoms with Crippen molar-refractivity contribution in [3.63, 3.8) is 0 Å². The molecule has 7 heteroatoms. The van der Waals surface area contributed by atoms with Crippen molar-refractivity contribution < 1.29 is 4.79 Å². The van der Waals surface area contributed by atoms with Gasteiger partial charge in [0.2, 0.25) is 0 Å². The van der Waals surface area contributed by atoms with Gasteiger partial charge in [-0.1, -0.05) is 26.0 Å². The zero-order valence-electron chi connectivity index (χ0n) is 21.1. The molecule has 4 N–H and O–H groups in total. The molecule has 184 valence electrons. The molecule has 2 aromatic rings. The number of anilines is 4. The molecule has 0 aliphatic carbocycles.